The van der Waals surface area contributed by atoms with Gasteiger partial charge in [-0.3, -0.25) is 14.6 Å². The van der Waals surface area contributed by atoms with Crippen molar-refractivity contribution in [1.29, 1.82) is 0 Å². The molecule has 1 aromatic carbocycles. The van der Waals surface area contributed by atoms with Crippen LogP contribution >= 0.6 is 0 Å². The Morgan fingerprint density at radius 1 is 1.18 bits per heavy atom. The second-order valence-electron chi connectivity index (χ2n) is 4.66. The number of aromatic nitrogens is 1. The quantitative estimate of drug-likeness (QED) is 0.669. The summed E-state index contributed by atoms with van der Waals surface area (Å²) in [6, 6.07) is 12.1. The number of hydrazone groups is 1. The molecule has 2 rings (SSSR count). The van der Waals surface area contributed by atoms with Crippen LogP contribution in [0.15, 0.2) is 47.6 Å². The van der Waals surface area contributed by atoms with E-state index in [4.69, 9.17) is 0 Å². The standard InChI is InChI=1S/C16H16N4O2/c1-11-5-3-8-15(18-11)10-17-20-16(22)13-6-4-7-14(9-13)19-12(2)21/h3-10H,1-2H3,(H,19,21)(H,20,22)/b17-10+. The second kappa shape index (κ2) is 7.12. The van der Waals surface area contributed by atoms with Crippen LogP contribution in [-0.2, 0) is 4.79 Å². The molecule has 0 aliphatic heterocycles. The number of rotatable bonds is 4. The van der Waals surface area contributed by atoms with Gasteiger partial charge in [-0.05, 0) is 37.3 Å². The minimum atomic E-state index is -0.365. The molecule has 6 heteroatoms. The van der Waals surface area contributed by atoms with Gasteiger partial charge in [0.15, 0.2) is 0 Å². The van der Waals surface area contributed by atoms with Crippen molar-refractivity contribution < 1.29 is 9.59 Å². The molecule has 2 N–H and O–H groups in total. The van der Waals surface area contributed by atoms with Crippen LogP contribution in [0, 0.1) is 6.92 Å². The molecule has 0 atom stereocenters. The lowest BCUT2D eigenvalue weighted by Crippen LogP contribution is -2.18. The molecule has 22 heavy (non-hydrogen) atoms. The lowest BCUT2D eigenvalue weighted by molar-refractivity contribution is -0.114. The first-order valence-electron chi connectivity index (χ1n) is 6.69. The van der Waals surface area contributed by atoms with E-state index in [1.165, 1.54) is 13.1 Å². The molecule has 0 bridgehead atoms. The van der Waals surface area contributed by atoms with E-state index >= 15 is 0 Å². The molecule has 0 unspecified atom stereocenters. The highest BCUT2D eigenvalue weighted by Gasteiger charge is 2.05. The number of aryl methyl sites for hydroxylation is 1. The fourth-order valence-electron chi connectivity index (χ4n) is 1.80. The van der Waals surface area contributed by atoms with Gasteiger partial charge in [0.25, 0.3) is 5.91 Å². The van der Waals surface area contributed by atoms with Gasteiger partial charge in [0.2, 0.25) is 5.91 Å². The van der Waals surface area contributed by atoms with Crippen LogP contribution in [-0.4, -0.2) is 23.0 Å². The molecule has 1 aromatic heterocycles. The Balaban J connectivity index is 2.01. The third-order valence-corrected chi connectivity index (χ3v) is 2.72. The zero-order valence-corrected chi connectivity index (χ0v) is 12.3. The maximum absolute atomic E-state index is 12.0. The lowest BCUT2D eigenvalue weighted by Gasteiger charge is -2.04. The van der Waals surface area contributed by atoms with Crippen molar-refractivity contribution in [2.75, 3.05) is 5.32 Å². The van der Waals surface area contributed by atoms with Crippen LogP contribution in [0.1, 0.15) is 28.7 Å². The Bertz CT molecular complexity index is 726. The Morgan fingerprint density at radius 2 is 1.95 bits per heavy atom. The van der Waals surface area contributed by atoms with Gasteiger partial charge in [-0.15, -0.1) is 0 Å². The third kappa shape index (κ3) is 4.52. The van der Waals surface area contributed by atoms with Crippen molar-refractivity contribution in [1.82, 2.24) is 10.4 Å². The summed E-state index contributed by atoms with van der Waals surface area (Å²) in [5, 5.41) is 6.50. The van der Waals surface area contributed by atoms with Crippen LogP contribution < -0.4 is 10.7 Å². The summed E-state index contributed by atoms with van der Waals surface area (Å²) in [6.45, 7) is 3.29. The maximum atomic E-state index is 12.0. The minimum Gasteiger partial charge on any atom is -0.326 e. The van der Waals surface area contributed by atoms with E-state index < -0.39 is 0 Å². The number of carbonyl (C=O) groups is 2. The molecule has 0 saturated carbocycles. The van der Waals surface area contributed by atoms with Crippen molar-refractivity contribution in [2.45, 2.75) is 13.8 Å². The van der Waals surface area contributed by atoms with E-state index in [-0.39, 0.29) is 11.8 Å². The highest BCUT2D eigenvalue weighted by molar-refractivity contribution is 5.97. The van der Waals surface area contributed by atoms with Crippen molar-refractivity contribution in [3.05, 3.63) is 59.4 Å². The van der Waals surface area contributed by atoms with E-state index in [9.17, 15) is 9.59 Å². The van der Waals surface area contributed by atoms with Gasteiger partial charge in [0.05, 0.1) is 11.9 Å². The summed E-state index contributed by atoms with van der Waals surface area (Å²) in [4.78, 5) is 27.2. The molecular formula is C16H16N4O2. The van der Waals surface area contributed by atoms with E-state index in [0.29, 0.717) is 16.9 Å². The summed E-state index contributed by atoms with van der Waals surface area (Å²) in [7, 11) is 0. The average molecular weight is 296 g/mol. The number of pyridine rings is 1. The molecule has 1 heterocycles. The largest absolute Gasteiger partial charge is 0.326 e. The first-order valence-corrected chi connectivity index (χ1v) is 6.69. The Labute approximate surface area is 128 Å². The predicted molar refractivity (Wildman–Crippen MR) is 84.8 cm³/mol. The number of nitrogens with zero attached hydrogens (tertiary/aromatic N) is 2. The molecule has 0 fully saturated rings. The first-order chi connectivity index (χ1) is 10.5. The third-order valence-electron chi connectivity index (χ3n) is 2.72. The zero-order chi connectivity index (χ0) is 15.9. The molecule has 0 spiro atoms. The Morgan fingerprint density at radius 3 is 2.68 bits per heavy atom. The maximum Gasteiger partial charge on any atom is 0.271 e. The van der Waals surface area contributed by atoms with E-state index in [2.05, 4.69) is 20.8 Å². The predicted octanol–water partition coefficient (Wildman–Crippen LogP) is 2.11. The SMILES string of the molecule is CC(=O)Nc1cccc(C(=O)N/N=C/c2cccc(C)n2)c1. The van der Waals surface area contributed by atoms with Crippen LogP contribution in [0.5, 0.6) is 0 Å². The van der Waals surface area contributed by atoms with E-state index in [1.807, 2.05) is 19.1 Å². The minimum absolute atomic E-state index is 0.193. The number of carbonyl (C=O) groups excluding carboxylic acids is 2. The summed E-state index contributed by atoms with van der Waals surface area (Å²) >= 11 is 0. The zero-order valence-electron chi connectivity index (χ0n) is 12.3. The van der Waals surface area contributed by atoms with Crippen LogP contribution in [0.4, 0.5) is 5.69 Å². The van der Waals surface area contributed by atoms with Crippen molar-refractivity contribution in [3.8, 4) is 0 Å². The first kappa shape index (κ1) is 15.4. The van der Waals surface area contributed by atoms with Gasteiger partial charge < -0.3 is 5.32 Å². The van der Waals surface area contributed by atoms with Crippen molar-refractivity contribution in [2.24, 2.45) is 5.10 Å². The van der Waals surface area contributed by atoms with Crippen molar-refractivity contribution in [3.63, 3.8) is 0 Å². The lowest BCUT2D eigenvalue weighted by atomic mass is 10.2. The molecule has 0 aliphatic carbocycles. The van der Waals surface area contributed by atoms with Crippen molar-refractivity contribution >= 4 is 23.7 Å². The molecular weight excluding hydrogens is 280 g/mol. The number of nitrogens with one attached hydrogen (secondary N) is 2. The summed E-state index contributed by atoms with van der Waals surface area (Å²) in [6.07, 6.45) is 1.47. The smallest absolute Gasteiger partial charge is 0.271 e. The topological polar surface area (TPSA) is 83.5 Å². The summed E-state index contributed by atoms with van der Waals surface area (Å²) < 4.78 is 0. The number of benzene rings is 1. The molecule has 6 nitrogen and oxygen atoms in total. The molecule has 2 amide bonds. The van der Waals surface area contributed by atoms with Crippen LogP contribution in [0.2, 0.25) is 0 Å². The van der Waals surface area contributed by atoms with Gasteiger partial charge >= 0.3 is 0 Å². The number of hydrogen-bond acceptors (Lipinski definition) is 4. The Hall–Kier alpha value is -3.02. The fourth-order valence-corrected chi connectivity index (χ4v) is 1.80. The van der Waals surface area contributed by atoms with E-state index in [0.717, 1.165) is 5.69 Å². The molecule has 112 valence electrons. The highest BCUT2D eigenvalue weighted by Crippen LogP contribution is 2.10. The average Bonchev–Trinajstić information content (AvgIpc) is 2.47. The molecule has 0 radical (unpaired) electrons. The Kier molecular flexibility index (Phi) is 4.98. The number of anilines is 1. The summed E-state index contributed by atoms with van der Waals surface area (Å²) in [5.74, 6) is -0.558. The monoisotopic (exact) mass is 296 g/mol. The van der Waals surface area contributed by atoms with Gasteiger partial charge in [0, 0.05) is 23.9 Å². The number of hydrogen-bond donors (Lipinski definition) is 2. The molecule has 0 aliphatic rings. The molecule has 0 saturated heterocycles. The van der Waals surface area contributed by atoms with Gasteiger partial charge in [-0.1, -0.05) is 12.1 Å². The van der Waals surface area contributed by atoms with Crippen LogP contribution in [0.3, 0.4) is 0 Å². The summed E-state index contributed by atoms with van der Waals surface area (Å²) in [5.41, 5.74) is 4.92. The van der Waals surface area contributed by atoms with Crippen LogP contribution in [0.25, 0.3) is 0 Å². The number of amides is 2. The van der Waals surface area contributed by atoms with Gasteiger partial charge in [-0.2, -0.15) is 5.10 Å². The van der Waals surface area contributed by atoms with E-state index in [1.54, 1.807) is 30.3 Å². The van der Waals surface area contributed by atoms with Gasteiger partial charge in [-0.25, -0.2) is 5.43 Å². The fraction of sp³-hybridized carbons (Fsp3) is 0.125. The van der Waals surface area contributed by atoms with Gasteiger partial charge in [0.1, 0.15) is 0 Å². The second-order valence-corrected chi connectivity index (χ2v) is 4.66. The highest BCUT2D eigenvalue weighted by atomic mass is 16.2. The normalized spacial score (nSPS) is 10.5. The molecule has 2 aromatic rings.